The van der Waals surface area contributed by atoms with Crippen LogP contribution in [0.3, 0.4) is 0 Å². The summed E-state index contributed by atoms with van der Waals surface area (Å²) < 4.78 is 12.8. The highest BCUT2D eigenvalue weighted by Crippen LogP contribution is 2.26. The summed E-state index contributed by atoms with van der Waals surface area (Å²) in [4.78, 5) is 0. The molecule has 0 heterocycles. The summed E-state index contributed by atoms with van der Waals surface area (Å²) in [5.41, 5.74) is 1.16. The van der Waals surface area contributed by atoms with Gasteiger partial charge in [0.15, 0.2) is 0 Å². The number of hydrogen-bond acceptors (Lipinski definition) is 1. The first-order chi connectivity index (χ1) is 8.25. The Hall–Kier alpha value is -0.890. The van der Waals surface area contributed by atoms with Gasteiger partial charge in [-0.05, 0) is 43.4 Å². The molecule has 1 aromatic rings. The van der Waals surface area contributed by atoms with E-state index in [9.17, 15) is 4.39 Å². The topological polar surface area (TPSA) is 12.0 Å². The molecule has 1 aromatic carbocycles. The molecule has 1 aliphatic carbocycles. The quantitative estimate of drug-likeness (QED) is 0.835. The third kappa shape index (κ3) is 3.81. The van der Waals surface area contributed by atoms with Crippen LogP contribution in [0.15, 0.2) is 24.3 Å². The highest BCUT2D eigenvalue weighted by molar-refractivity contribution is 5.15. The maximum atomic E-state index is 12.8. The molecule has 1 fully saturated rings. The van der Waals surface area contributed by atoms with Crippen molar-refractivity contribution in [1.29, 1.82) is 0 Å². The Morgan fingerprint density at radius 1 is 1.18 bits per heavy atom. The monoisotopic (exact) mass is 235 g/mol. The van der Waals surface area contributed by atoms with Gasteiger partial charge < -0.3 is 5.32 Å². The third-order valence-electron chi connectivity index (χ3n) is 3.90. The van der Waals surface area contributed by atoms with E-state index in [-0.39, 0.29) is 5.82 Å². The zero-order valence-electron chi connectivity index (χ0n) is 10.6. The van der Waals surface area contributed by atoms with Crippen LogP contribution in [0.2, 0.25) is 0 Å². The van der Waals surface area contributed by atoms with Crippen LogP contribution < -0.4 is 5.32 Å². The first-order valence-electron chi connectivity index (χ1n) is 6.73. The molecule has 1 N–H and O–H groups in total. The molecule has 1 atom stereocenters. The average Bonchev–Trinajstić information content (AvgIpc) is 2.39. The lowest BCUT2D eigenvalue weighted by molar-refractivity contribution is 0.280. The minimum atomic E-state index is -0.158. The van der Waals surface area contributed by atoms with Gasteiger partial charge in [-0.15, -0.1) is 0 Å². The van der Waals surface area contributed by atoms with E-state index < -0.39 is 0 Å². The lowest BCUT2D eigenvalue weighted by atomic mass is 9.84. The summed E-state index contributed by atoms with van der Waals surface area (Å²) in [5, 5.41) is 3.57. The number of rotatable bonds is 4. The van der Waals surface area contributed by atoms with Crippen LogP contribution in [0.5, 0.6) is 0 Å². The van der Waals surface area contributed by atoms with E-state index in [1.165, 1.54) is 44.2 Å². The van der Waals surface area contributed by atoms with E-state index in [0.717, 1.165) is 18.0 Å². The fourth-order valence-corrected chi connectivity index (χ4v) is 2.68. The molecule has 94 valence electrons. The van der Waals surface area contributed by atoms with Crippen LogP contribution >= 0.6 is 0 Å². The number of nitrogens with one attached hydrogen (secondary N) is 1. The lowest BCUT2D eigenvalue weighted by Crippen LogP contribution is -2.34. The molecule has 2 rings (SSSR count). The molecule has 17 heavy (non-hydrogen) atoms. The Bertz CT molecular complexity index is 327. The maximum Gasteiger partial charge on any atom is 0.123 e. The van der Waals surface area contributed by atoms with Crippen LogP contribution in [0.4, 0.5) is 4.39 Å². The molecule has 0 spiro atoms. The highest BCUT2D eigenvalue weighted by atomic mass is 19.1. The molecule has 0 aliphatic heterocycles. The molecule has 2 heteroatoms. The van der Waals surface area contributed by atoms with Crippen molar-refractivity contribution in [2.24, 2.45) is 5.92 Å². The van der Waals surface area contributed by atoms with Gasteiger partial charge in [-0.2, -0.15) is 0 Å². The molecule has 1 saturated carbocycles. The number of hydrogen-bond donors (Lipinski definition) is 1. The molecule has 0 amide bonds. The summed E-state index contributed by atoms with van der Waals surface area (Å²) in [6.07, 6.45) is 6.89. The maximum absolute atomic E-state index is 12.8. The zero-order valence-corrected chi connectivity index (χ0v) is 10.6. The van der Waals surface area contributed by atoms with Gasteiger partial charge in [0.2, 0.25) is 0 Å². The minimum absolute atomic E-state index is 0.158. The standard InChI is InChI=1S/C15H22FN/c1-12(14-5-3-2-4-6-14)17-11-13-7-9-15(16)10-8-13/h7-10,12,14,17H,2-6,11H2,1H3/t12-/m1/s1. The van der Waals surface area contributed by atoms with E-state index >= 15 is 0 Å². The van der Waals surface area contributed by atoms with E-state index in [1.807, 2.05) is 12.1 Å². The van der Waals surface area contributed by atoms with Crippen LogP contribution in [0.25, 0.3) is 0 Å². The second kappa shape index (κ2) is 6.15. The normalized spacial score (nSPS) is 19.2. The van der Waals surface area contributed by atoms with E-state index in [1.54, 1.807) is 0 Å². The molecule has 0 bridgehead atoms. The molecule has 0 aromatic heterocycles. The van der Waals surface area contributed by atoms with Gasteiger partial charge in [-0.1, -0.05) is 31.4 Å². The Kier molecular flexibility index (Phi) is 4.55. The van der Waals surface area contributed by atoms with Crippen molar-refractivity contribution >= 4 is 0 Å². The molecular formula is C15H22FN. The van der Waals surface area contributed by atoms with Crippen molar-refractivity contribution < 1.29 is 4.39 Å². The second-order valence-corrected chi connectivity index (χ2v) is 5.19. The molecule has 0 unspecified atom stereocenters. The predicted octanol–water partition coefficient (Wildman–Crippen LogP) is 3.88. The van der Waals surface area contributed by atoms with Gasteiger partial charge in [0.1, 0.15) is 5.82 Å². The van der Waals surface area contributed by atoms with Crippen molar-refractivity contribution in [3.8, 4) is 0 Å². The third-order valence-corrected chi connectivity index (χ3v) is 3.90. The largest absolute Gasteiger partial charge is 0.310 e. The van der Waals surface area contributed by atoms with E-state index in [2.05, 4.69) is 12.2 Å². The molecule has 0 radical (unpaired) electrons. The van der Waals surface area contributed by atoms with Crippen molar-refractivity contribution in [1.82, 2.24) is 5.32 Å². The second-order valence-electron chi connectivity index (χ2n) is 5.19. The fourth-order valence-electron chi connectivity index (χ4n) is 2.68. The number of halogens is 1. The molecule has 1 nitrogen and oxygen atoms in total. The molecule has 1 aliphatic rings. The Morgan fingerprint density at radius 2 is 1.82 bits per heavy atom. The Morgan fingerprint density at radius 3 is 2.47 bits per heavy atom. The first-order valence-corrected chi connectivity index (χ1v) is 6.73. The highest BCUT2D eigenvalue weighted by Gasteiger charge is 2.19. The summed E-state index contributed by atoms with van der Waals surface area (Å²) in [6.45, 7) is 3.12. The van der Waals surface area contributed by atoms with Crippen LogP contribution in [0.1, 0.15) is 44.6 Å². The van der Waals surface area contributed by atoms with Crippen molar-refractivity contribution in [2.75, 3.05) is 0 Å². The van der Waals surface area contributed by atoms with Gasteiger partial charge in [0, 0.05) is 12.6 Å². The fraction of sp³-hybridized carbons (Fsp3) is 0.600. The zero-order chi connectivity index (χ0) is 12.1. The predicted molar refractivity (Wildman–Crippen MR) is 69.3 cm³/mol. The van der Waals surface area contributed by atoms with Gasteiger partial charge in [0.25, 0.3) is 0 Å². The summed E-state index contributed by atoms with van der Waals surface area (Å²) >= 11 is 0. The first kappa shape index (κ1) is 12.6. The van der Waals surface area contributed by atoms with Gasteiger partial charge in [0.05, 0.1) is 0 Å². The number of benzene rings is 1. The van der Waals surface area contributed by atoms with Crippen molar-refractivity contribution in [3.63, 3.8) is 0 Å². The summed E-state index contributed by atoms with van der Waals surface area (Å²) in [5.74, 6) is 0.665. The minimum Gasteiger partial charge on any atom is -0.310 e. The Labute approximate surface area is 103 Å². The van der Waals surface area contributed by atoms with E-state index in [0.29, 0.717) is 6.04 Å². The lowest BCUT2D eigenvalue weighted by Gasteiger charge is -2.28. The van der Waals surface area contributed by atoms with Crippen LogP contribution in [-0.2, 0) is 6.54 Å². The van der Waals surface area contributed by atoms with Crippen LogP contribution in [-0.4, -0.2) is 6.04 Å². The summed E-state index contributed by atoms with van der Waals surface area (Å²) in [6, 6.07) is 7.34. The van der Waals surface area contributed by atoms with Gasteiger partial charge >= 0.3 is 0 Å². The van der Waals surface area contributed by atoms with Crippen molar-refractivity contribution in [3.05, 3.63) is 35.6 Å². The Balaban J connectivity index is 1.78. The smallest absolute Gasteiger partial charge is 0.123 e. The average molecular weight is 235 g/mol. The summed E-state index contributed by atoms with van der Waals surface area (Å²) in [7, 11) is 0. The van der Waals surface area contributed by atoms with Crippen molar-refractivity contribution in [2.45, 2.75) is 51.6 Å². The van der Waals surface area contributed by atoms with Gasteiger partial charge in [-0.3, -0.25) is 0 Å². The van der Waals surface area contributed by atoms with Gasteiger partial charge in [-0.25, -0.2) is 4.39 Å². The van der Waals surface area contributed by atoms with E-state index in [4.69, 9.17) is 0 Å². The van der Waals surface area contributed by atoms with Crippen LogP contribution in [0, 0.1) is 11.7 Å². The SMILES string of the molecule is C[C@@H](NCc1ccc(F)cc1)C1CCCCC1. The molecule has 0 saturated heterocycles. The molecular weight excluding hydrogens is 213 g/mol.